The summed E-state index contributed by atoms with van der Waals surface area (Å²) in [6, 6.07) is 4.26. The SMILES string of the molecule is COC(OC)C(C)Nc1ccc(F)c(NC(C)=O)c1. The average Bonchev–Trinajstić information content (AvgIpc) is 2.34. The second-order valence-corrected chi connectivity index (χ2v) is 4.15. The molecule has 0 bridgehead atoms. The number of hydrogen-bond acceptors (Lipinski definition) is 4. The van der Waals surface area contributed by atoms with Crippen molar-refractivity contribution in [1.29, 1.82) is 0 Å². The van der Waals surface area contributed by atoms with Crippen molar-refractivity contribution in [2.45, 2.75) is 26.2 Å². The third-order valence-electron chi connectivity index (χ3n) is 2.54. The minimum atomic E-state index is -0.483. The van der Waals surface area contributed by atoms with E-state index in [9.17, 15) is 9.18 Å². The maximum Gasteiger partial charge on any atom is 0.221 e. The van der Waals surface area contributed by atoms with Gasteiger partial charge in [0.25, 0.3) is 0 Å². The van der Waals surface area contributed by atoms with E-state index in [2.05, 4.69) is 10.6 Å². The van der Waals surface area contributed by atoms with Gasteiger partial charge in [-0.3, -0.25) is 4.79 Å². The van der Waals surface area contributed by atoms with Crippen LogP contribution in [0, 0.1) is 5.82 Å². The van der Waals surface area contributed by atoms with E-state index in [0.717, 1.165) is 0 Å². The van der Waals surface area contributed by atoms with Crippen LogP contribution >= 0.6 is 0 Å². The molecule has 1 amide bonds. The van der Waals surface area contributed by atoms with Crippen molar-refractivity contribution >= 4 is 17.3 Å². The van der Waals surface area contributed by atoms with Gasteiger partial charge in [0.05, 0.1) is 11.7 Å². The normalized spacial score (nSPS) is 12.3. The molecule has 0 saturated carbocycles. The molecule has 0 fully saturated rings. The lowest BCUT2D eigenvalue weighted by atomic mass is 10.2. The van der Waals surface area contributed by atoms with E-state index in [1.807, 2.05) is 6.92 Å². The predicted molar refractivity (Wildman–Crippen MR) is 71.6 cm³/mol. The number of halogens is 1. The molecular weight excluding hydrogens is 251 g/mol. The molecule has 0 spiro atoms. The number of amides is 1. The van der Waals surface area contributed by atoms with Crippen LogP contribution in [-0.2, 0) is 14.3 Å². The van der Waals surface area contributed by atoms with Crippen molar-refractivity contribution in [2.24, 2.45) is 0 Å². The fraction of sp³-hybridized carbons (Fsp3) is 0.462. The van der Waals surface area contributed by atoms with E-state index in [4.69, 9.17) is 9.47 Å². The summed E-state index contributed by atoms with van der Waals surface area (Å²) < 4.78 is 23.7. The summed E-state index contributed by atoms with van der Waals surface area (Å²) in [6.45, 7) is 3.20. The molecule has 5 nitrogen and oxygen atoms in total. The van der Waals surface area contributed by atoms with Gasteiger partial charge in [0, 0.05) is 26.8 Å². The van der Waals surface area contributed by atoms with Crippen LogP contribution in [-0.4, -0.2) is 32.5 Å². The third-order valence-corrected chi connectivity index (χ3v) is 2.54. The number of anilines is 2. The number of hydrogen-bond donors (Lipinski definition) is 2. The van der Waals surface area contributed by atoms with Gasteiger partial charge in [-0.15, -0.1) is 0 Å². The van der Waals surface area contributed by atoms with E-state index in [1.54, 1.807) is 20.3 Å². The predicted octanol–water partition coefficient (Wildman–Crippen LogP) is 2.20. The second kappa shape index (κ2) is 7.06. The molecule has 0 aliphatic carbocycles. The molecule has 1 aromatic rings. The molecule has 0 aromatic heterocycles. The number of carbonyl (C=O) groups excluding carboxylic acids is 1. The zero-order chi connectivity index (χ0) is 14.4. The van der Waals surface area contributed by atoms with E-state index in [1.165, 1.54) is 19.1 Å². The lowest BCUT2D eigenvalue weighted by Crippen LogP contribution is -2.33. The first kappa shape index (κ1) is 15.4. The molecule has 2 N–H and O–H groups in total. The van der Waals surface area contributed by atoms with Gasteiger partial charge in [0.15, 0.2) is 6.29 Å². The highest BCUT2D eigenvalue weighted by atomic mass is 19.1. The Morgan fingerprint density at radius 1 is 1.32 bits per heavy atom. The van der Waals surface area contributed by atoms with E-state index in [-0.39, 0.29) is 17.6 Å². The Morgan fingerprint density at radius 2 is 1.95 bits per heavy atom. The number of methoxy groups -OCH3 is 2. The summed E-state index contributed by atoms with van der Waals surface area (Å²) >= 11 is 0. The van der Waals surface area contributed by atoms with Gasteiger partial charge < -0.3 is 20.1 Å². The van der Waals surface area contributed by atoms with Crippen LogP contribution < -0.4 is 10.6 Å². The minimum absolute atomic E-state index is 0.134. The van der Waals surface area contributed by atoms with Gasteiger partial charge in [0.2, 0.25) is 5.91 Å². The maximum atomic E-state index is 13.5. The Labute approximate surface area is 112 Å². The molecule has 1 unspecified atom stereocenters. The van der Waals surface area contributed by atoms with E-state index in [0.29, 0.717) is 5.69 Å². The zero-order valence-corrected chi connectivity index (χ0v) is 11.5. The standard InChI is InChI=1S/C13H19FN2O3/c1-8(13(18-3)19-4)15-10-5-6-11(14)12(7-10)16-9(2)17/h5-8,13,15H,1-4H3,(H,16,17). The number of rotatable bonds is 6. The van der Waals surface area contributed by atoms with Crippen LogP contribution in [0.1, 0.15) is 13.8 Å². The zero-order valence-electron chi connectivity index (χ0n) is 11.5. The Hall–Kier alpha value is -1.66. The molecule has 0 aliphatic rings. The fourth-order valence-corrected chi connectivity index (χ4v) is 1.74. The summed E-state index contributed by atoms with van der Waals surface area (Å²) in [6.07, 6.45) is -0.422. The van der Waals surface area contributed by atoms with Crippen LogP contribution in [0.5, 0.6) is 0 Å². The number of ether oxygens (including phenoxy) is 2. The van der Waals surface area contributed by atoms with Crippen LogP contribution in [0.4, 0.5) is 15.8 Å². The van der Waals surface area contributed by atoms with Gasteiger partial charge in [-0.2, -0.15) is 0 Å². The summed E-state index contributed by atoms with van der Waals surface area (Å²) in [5.41, 5.74) is 0.799. The lowest BCUT2D eigenvalue weighted by Gasteiger charge is -2.23. The van der Waals surface area contributed by atoms with Gasteiger partial charge in [0.1, 0.15) is 5.82 Å². The highest BCUT2D eigenvalue weighted by Gasteiger charge is 2.16. The van der Waals surface area contributed by atoms with Gasteiger partial charge >= 0.3 is 0 Å². The highest BCUT2D eigenvalue weighted by Crippen LogP contribution is 2.21. The first-order valence-electron chi connectivity index (χ1n) is 5.87. The molecule has 1 aromatic carbocycles. The van der Waals surface area contributed by atoms with Crippen LogP contribution in [0.25, 0.3) is 0 Å². The van der Waals surface area contributed by atoms with Gasteiger partial charge in [-0.25, -0.2) is 4.39 Å². The molecular formula is C13H19FN2O3. The summed E-state index contributed by atoms with van der Waals surface area (Å²) in [5, 5.41) is 5.54. The Kier molecular flexibility index (Phi) is 5.72. The Bertz CT molecular complexity index is 436. The number of carbonyl (C=O) groups is 1. The third kappa shape index (κ3) is 4.50. The van der Waals surface area contributed by atoms with Crippen molar-refractivity contribution in [3.05, 3.63) is 24.0 Å². The number of benzene rings is 1. The molecule has 1 atom stereocenters. The van der Waals surface area contributed by atoms with Gasteiger partial charge in [-0.1, -0.05) is 0 Å². The molecule has 0 aliphatic heterocycles. The van der Waals surface area contributed by atoms with Crippen molar-refractivity contribution in [3.8, 4) is 0 Å². The molecule has 0 saturated heterocycles. The van der Waals surface area contributed by atoms with Crippen molar-refractivity contribution < 1.29 is 18.7 Å². The molecule has 106 valence electrons. The monoisotopic (exact) mass is 270 g/mol. The first-order valence-corrected chi connectivity index (χ1v) is 5.87. The van der Waals surface area contributed by atoms with Crippen molar-refractivity contribution in [2.75, 3.05) is 24.9 Å². The minimum Gasteiger partial charge on any atom is -0.377 e. The fourth-order valence-electron chi connectivity index (χ4n) is 1.74. The topological polar surface area (TPSA) is 59.6 Å². The summed E-state index contributed by atoms with van der Waals surface area (Å²) in [7, 11) is 3.08. The summed E-state index contributed by atoms with van der Waals surface area (Å²) in [5.74, 6) is -0.806. The van der Waals surface area contributed by atoms with Crippen molar-refractivity contribution in [1.82, 2.24) is 0 Å². The Balaban J connectivity index is 2.81. The molecule has 0 heterocycles. The van der Waals surface area contributed by atoms with Crippen LogP contribution in [0.2, 0.25) is 0 Å². The number of nitrogens with one attached hydrogen (secondary N) is 2. The lowest BCUT2D eigenvalue weighted by molar-refractivity contribution is -0.114. The summed E-state index contributed by atoms with van der Waals surface area (Å²) in [4.78, 5) is 11.0. The molecule has 19 heavy (non-hydrogen) atoms. The molecule has 0 radical (unpaired) electrons. The highest BCUT2D eigenvalue weighted by molar-refractivity contribution is 5.89. The van der Waals surface area contributed by atoms with Crippen LogP contribution in [0.3, 0.4) is 0 Å². The maximum absolute atomic E-state index is 13.5. The van der Waals surface area contributed by atoms with E-state index < -0.39 is 12.1 Å². The van der Waals surface area contributed by atoms with E-state index >= 15 is 0 Å². The average molecular weight is 270 g/mol. The second-order valence-electron chi connectivity index (χ2n) is 4.15. The quantitative estimate of drug-likeness (QED) is 0.778. The van der Waals surface area contributed by atoms with Crippen LogP contribution in [0.15, 0.2) is 18.2 Å². The van der Waals surface area contributed by atoms with Gasteiger partial charge in [-0.05, 0) is 25.1 Å². The largest absolute Gasteiger partial charge is 0.377 e. The molecule has 1 rings (SSSR count). The van der Waals surface area contributed by atoms with Crippen molar-refractivity contribution in [3.63, 3.8) is 0 Å². The first-order chi connectivity index (χ1) is 8.97. The molecule has 6 heteroatoms. The Morgan fingerprint density at radius 3 is 2.47 bits per heavy atom. The smallest absolute Gasteiger partial charge is 0.221 e.